The van der Waals surface area contributed by atoms with Crippen molar-refractivity contribution in [2.75, 3.05) is 32.0 Å². The highest BCUT2D eigenvalue weighted by Gasteiger charge is 2.29. The van der Waals surface area contributed by atoms with E-state index in [0.717, 1.165) is 43.1 Å². The molecular weight excluding hydrogens is 449 g/mol. The fraction of sp³-hybridized carbons (Fsp3) is 0.480. The molecule has 3 rings (SSSR count). The summed E-state index contributed by atoms with van der Waals surface area (Å²) in [5.41, 5.74) is 1.36. The average Bonchev–Trinajstić information content (AvgIpc) is 2.79. The molecule has 2 aromatic rings. The monoisotopic (exact) mass is 480 g/mol. The zero-order valence-corrected chi connectivity index (χ0v) is 19.5. The van der Waals surface area contributed by atoms with E-state index in [9.17, 15) is 18.0 Å². The first-order valence-electron chi connectivity index (χ1n) is 11.3. The number of alkyl halides is 3. The second kappa shape index (κ2) is 12.9. The molecular formula is C25H31F3N2O2S. The topological polar surface area (TPSA) is 41.6 Å². The SMILES string of the molecule is O=C(CSCc1ccc(C(F)(F)F)cc1)NCCCOc1cccc(CN2CCCCC2)c1. The lowest BCUT2D eigenvalue weighted by Crippen LogP contribution is -2.29. The van der Waals surface area contributed by atoms with Crippen molar-refractivity contribution in [3.63, 3.8) is 0 Å². The smallest absolute Gasteiger partial charge is 0.416 e. The van der Waals surface area contributed by atoms with Crippen LogP contribution in [0.3, 0.4) is 0 Å². The molecule has 33 heavy (non-hydrogen) atoms. The Hall–Kier alpha value is -2.19. The summed E-state index contributed by atoms with van der Waals surface area (Å²) in [5, 5.41) is 2.85. The number of benzene rings is 2. The van der Waals surface area contributed by atoms with E-state index >= 15 is 0 Å². The van der Waals surface area contributed by atoms with Gasteiger partial charge in [0.15, 0.2) is 0 Å². The van der Waals surface area contributed by atoms with E-state index in [4.69, 9.17) is 4.74 Å². The number of piperidine rings is 1. The quantitative estimate of drug-likeness (QED) is 0.431. The molecule has 1 aliphatic heterocycles. The van der Waals surface area contributed by atoms with Gasteiger partial charge in [-0.2, -0.15) is 13.2 Å². The lowest BCUT2D eigenvalue weighted by Gasteiger charge is -2.26. The fourth-order valence-corrected chi connectivity index (χ4v) is 4.52. The maximum absolute atomic E-state index is 12.6. The standard InChI is InChI=1S/C25H31F3N2O2S/c26-25(27,28)22-10-8-20(9-11-22)18-33-19-24(31)29-12-5-15-32-23-7-4-6-21(16-23)17-30-13-2-1-3-14-30/h4,6-11,16H,1-3,5,12-15,17-19H2,(H,29,31). The number of nitrogens with one attached hydrogen (secondary N) is 1. The Labute approximate surface area is 197 Å². The highest BCUT2D eigenvalue weighted by molar-refractivity contribution is 7.99. The fourth-order valence-electron chi connectivity index (χ4n) is 3.70. The molecule has 0 bridgehead atoms. The molecule has 2 aromatic carbocycles. The summed E-state index contributed by atoms with van der Waals surface area (Å²) in [6, 6.07) is 13.2. The minimum Gasteiger partial charge on any atom is -0.494 e. The van der Waals surface area contributed by atoms with Gasteiger partial charge in [-0.05, 0) is 67.7 Å². The molecule has 0 aromatic heterocycles. The number of likely N-dealkylation sites (tertiary alicyclic amines) is 1. The van der Waals surface area contributed by atoms with Crippen LogP contribution in [0.1, 0.15) is 42.4 Å². The lowest BCUT2D eigenvalue weighted by molar-refractivity contribution is -0.137. The Morgan fingerprint density at radius 3 is 2.52 bits per heavy atom. The molecule has 1 fully saturated rings. The second-order valence-corrected chi connectivity index (χ2v) is 9.21. The summed E-state index contributed by atoms with van der Waals surface area (Å²) < 4.78 is 43.6. The van der Waals surface area contributed by atoms with Gasteiger partial charge in [-0.25, -0.2) is 0 Å². The minimum absolute atomic E-state index is 0.0876. The number of carbonyl (C=O) groups excluding carboxylic acids is 1. The predicted molar refractivity (Wildman–Crippen MR) is 126 cm³/mol. The summed E-state index contributed by atoms with van der Waals surface area (Å²) >= 11 is 1.38. The van der Waals surface area contributed by atoms with Gasteiger partial charge in [-0.1, -0.05) is 30.7 Å². The van der Waals surface area contributed by atoms with Gasteiger partial charge in [-0.15, -0.1) is 11.8 Å². The Balaban J connectivity index is 1.26. The Bertz CT molecular complexity index is 869. The molecule has 1 N–H and O–H groups in total. The molecule has 0 saturated carbocycles. The van der Waals surface area contributed by atoms with Gasteiger partial charge < -0.3 is 10.1 Å². The molecule has 0 unspecified atom stereocenters. The Kier molecular flexibility index (Phi) is 9.94. The van der Waals surface area contributed by atoms with Crippen molar-refractivity contribution < 1.29 is 22.7 Å². The van der Waals surface area contributed by atoms with Crippen molar-refractivity contribution in [2.45, 2.75) is 44.2 Å². The number of hydrogen-bond donors (Lipinski definition) is 1. The van der Waals surface area contributed by atoms with Crippen LogP contribution in [0.2, 0.25) is 0 Å². The maximum Gasteiger partial charge on any atom is 0.416 e. The molecule has 1 amide bonds. The van der Waals surface area contributed by atoms with Crippen molar-refractivity contribution in [2.24, 2.45) is 0 Å². The third-order valence-corrected chi connectivity index (χ3v) is 6.45. The van der Waals surface area contributed by atoms with Gasteiger partial charge in [0, 0.05) is 18.8 Å². The molecule has 0 atom stereocenters. The maximum atomic E-state index is 12.6. The number of rotatable bonds is 11. The number of halogens is 3. The summed E-state index contributed by atoms with van der Waals surface area (Å²) in [5.74, 6) is 1.52. The van der Waals surface area contributed by atoms with Gasteiger partial charge in [0.05, 0.1) is 17.9 Å². The first-order valence-corrected chi connectivity index (χ1v) is 12.5. The van der Waals surface area contributed by atoms with Gasteiger partial charge >= 0.3 is 6.18 Å². The zero-order chi connectivity index (χ0) is 23.5. The number of ether oxygens (including phenoxy) is 1. The molecule has 1 aliphatic rings. The van der Waals surface area contributed by atoms with Crippen molar-refractivity contribution in [1.29, 1.82) is 0 Å². The van der Waals surface area contributed by atoms with Crippen molar-refractivity contribution in [3.05, 3.63) is 65.2 Å². The first-order chi connectivity index (χ1) is 15.9. The highest BCUT2D eigenvalue weighted by Crippen LogP contribution is 2.29. The number of thioether (sulfide) groups is 1. The largest absolute Gasteiger partial charge is 0.494 e. The van der Waals surface area contributed by atoms with E-state index in [1.807, 2.05) is 12.1 Å². The number of hydrogen-bond acceptors (Lipinski definition) is 4. The lowest BCUT2D eigenvalue weighted by atomic mass is 10.1. The first kappa shape index (κ1) is 25.4. The van der Waals surface area contributed by atoms with Crippen LogP contribution < -0.4 is 10.1 Å². The zero-order valence-electron chi connectivity index (χ0n) is 18.7. The van der Waals surface area contributed by atoms with Crippen LogP contribution in [0.4, 0.5) is 13.2 Å². The highest BCUT2D eigenvalue weighted by atomic mass is 32.2. The average molecular weight is 481 g/mol. The van der Waals surface area contributed by atoms with E-state index in [-0.39, 0.29) is 11.7 Å². The van der Waals surface area contributed by atoms with E-state index in [2.05, 4.69) is 22.3 Å². The molecule has 0 spiro atoms. The summed E-state index contributed by atoms with van der Waals surface area (Å²) in [4.78, 5) is 14.4. The third-order valence-electron chi connectivity index (χ3n) is 5.45. The van der Waals surface area contributed by atoms with Crippen molar-refractivity contribution >= 4 is 17.7 Å². The van der Waals surface area contributed by atoms with Crippen LogP contribution in [-0.2, 0) is 23.3 Å². The molecule has 1 heterocycles. The van der Waals surface area contributed by atoms with Crippen LogP contribution in [0, 0.1) is 0 Å². The Morgan fingerprint density at radius 2 is 1.79 bits per heavy atom. The molecule has 0 radical (unpaired) electrons. The minimum atomic E-state index is -4.33. The summed E-state index contributed by atoms with van der Waals surface area (Å²) in [7, 11) is 0. The van der Waals surface area contributed by atoms with Gasteiger partial charge in [0.1, 0.15) is 5.75 Å². The number of carbonyl (C=O) groups is 1. The van der Waals surface area contributed by atoms with Crippen molar-refractivity contribution in [3.8, 4) is 5.75 Å². The molecule has 0 aliphatic carbocycles. The number of nitrogens with zero attached hydrogens (tertiary/aromatic N) is 1. The van der Waals surface area contributed by atoms with Crippen LogP contribution in [0.15, 0.2) is 48.5 Å². The molecule has 180 valence electrons. The van der Waals surface area contributed by atoms with Crippen LogP contribution >= 0.6 is 11.8 Å². The van der Waals surface area contributed by atoms with E-state index in [0.29, 0.717) is 25.3 Å². The van der Waals surface area contributed by atoms with Gasteiger partial charge in [0.25, 0.3) is 0 Å². The molecule has 1 saturated heterocycles. The second-order valence-electron chi connectivity index (χ2n) is 8.22. The van der Waals surface area contributed by atoms with E-state index in [1.165, 1.54) is 48.7 Å². The van der Waals surface area contributed by atoms with Crippen LogP contribution in [0.5, 0.6) is 5.75 Å². The normalized spacial score (nSPS) is 14.8. The van der Waals surface area contributed by atoms with Crippen LogP contribution in [0.25, 0.3) is 0 Å². The summed E-state index contributed by atoms with van der Waals surface area (Å²) in [6.07, 6.45) is 0.246. The number of amides is 1. The van der Waals surface area contributed by atoms with E-state index < -0.39 is 11.7 Å². The molecule has 4 nitrogen and oxygen atoms in total. The van der Waals surface area contributed by atoms with Gasteiger partial charge in [-0.3, -0.25) is 9.69 Å². The Morgan fingerprint density at radius 1 is 1.03 bits per heavy atom. The van der Waals surface area contributed by atoms with Crippen LogP contribution in [-0.4, -0.2) is 42.8 Å². The van der Waals surface area contributed by atoms with Crippen molar-refractivity contribution in [1.82, 2.24) is 10.2 Å². The third kappa shape index (κ3) is 9.29. The predicted octanol–water partition coefficient (Wildman–Crippen LogP) is 5.51. The molecule has 8 heteroatoms. The summed E-state index contributed by atoms with van der Waals surface area (Å²) in [6.45, 7) is 4.32. The van der Waals surface area contributed by atoms with E-state index in [1.54, 1.807) is 0 Å². The van der Waals surface area contributed by atoms with Gasteiger partial charge in [0.2, 0.25) is 5.91 Å².